The molecule has 0 saturated carbocycles. The molecule has 0 spiro atoms. The van der Waals surface area contributed by atoms with Gasteiger partial charge in [-0.05, 0) is 57.0 Å². The van der Waals surface area contributed by atoms with Crippen LogP contribution in [0, 0.1) is 5.92 Å². The van der Waals surface area contributed by atoms with Gasteiger partial charge >= 0.3 is 0 Å². The Morgan fingerprint density at radius 3 is 2.47 bits per heavy atom. The lowest BCUT2D eigenvalue weighted by molar-refractivity contribution is -0.122. The minimum Gasteiger partial charge on any atom is -0.371 e. The Kier molecular flexibility index (Phi) is 5.39. The van der Waals surface area contributed by atoms with Gasteiger partial charge in [0.05, 0.1) is 11.8 Å². The van der Waals surface area contributed by atoms with Crippen LogP contribution in [0.5, 0.6) is 0 Å². The highest BCUT2D eigenvalue weighted by molar-refractivity contribution is 6.05. The van der Waals surface area contributed by atoms with Crippen molar-refractivity contribution in [2.45, 2.75) is 32.7 Å². The summed E-state index contributed by atoms with van der Waals surface area (Å²) in [4.78, 5) is 30.6. The molecule has 0 unspecified atom stereocenters. The first-order valence-corrected chi connectivity index (χ1v) is 10.2. The lowest BCUT2D eigenvalue weighted by Crippen LogP contribution is -2.38. The molecule has 1 aliphatic heterocycles. The molecule has 0 atom stereocenters. The molecule has 0 bridgehead atoms. The number of nitrogens with one attached hydrogen (secondary N) is 1. The predicted molar refractivity (Wildman–Crippen MR) is 116 cm³/mol. The maximum atomic E-state index is 12.7. The topological polar surface area (TPSA) is 106 Å². The summed E-state index contributed by atoms with van der Waals surface area (Å²) >= 11 is 0. The molecule has 8 heteroatoms. The Bertz CT molecular complexity index is 1060. The normalized spacial score (nSPS) is 15.0. The number of nitrogens with zero attached hydrogens (tertiary/aromatic N) is 4. The summed E-state index contributed by atoms with van der Waals surface area (Å²) in [5.41, 5.74) is 8.45. The van der Waals surface area contributed by atoms with Crippen LogP contribution in [-0.4, -0.2) is 39.7 Å². The number of amides is 2. The highest BCUT2D eigenvalue weighted by atomic mass is 16.2. The zero-order chi connectivity index (χ0) is 21.3. The zero-order valence-electron chi connectivity index (χ0n) is 17.2. The number of hydrogen-bond donors (Lipinski definition) is 2. The highest BCUT2D eigenvalue weighted by Crippen LogP contribution is 2.25. The molecule has 30 heavy (non-hydrogen) atoms. The minimum atomic E-state index is -0.211. The summed E-state index contributed by atoms with van der Waals surface area (Å²) in [6, 6.07) is 9.74. The maximum Gasteiger partial charge on any atom is 0.257 e. The van der Waals surface area contributed by atoms with E-state index in [4.69, 9.17) is 5.73 Å². The molecule has 1 aliphatic rings. The van der Waals surface area contributed by atoms with Crippen LogP contribution in [0.25, 0.3) is 11.0 Å². The number of anilines is 2. The van der Waals surface area contributed by atoms with Crippen LogP contribution in [0.1, 0.15) is 43.1 Å². The van der Waals surface area contributed by atoms with Gasteiger partial charge in [0.15, 0.2) is 5.65 Å². The van der Waals surface area contributed by atoms with E-state index in [2.05, 4.69) is 20.3 Å². The third-order valence-corrected chi connectivity index (χ3v) is 5.57. The molecule has 1 saturated heterocycles. The second-order valence-electron chi connectivity index (χ2n) is 7.98. The Morgan fingerprint density at radius 2 is 1.83 bits per heavy atom. The van der Waals surface area contributed by atoms with Gasteiger partial charge < -0.3 is 16.0 Å². The van der Waals surface area contributed by atoms with Gasteiger partial charge in [-0.2, -0.15) is 5.10 Å². The van der Waals surface area contributed by atoms with Crippen LogP contribution in [0.4, 0.5) is 11.4 Å². The standard InChI is InChI=1S/C22H26N6O2/c1-14(2)28-21-16(13-25-28)11-17(12-24-21)22(30)26-18-3-5-19(6-4-18)27-9-7-15(8-10-27)20(23)29/h3-6,11-15H,7-10H2,1-2H3,(H2,23,29)(H,26,30). The van der Waals surface area contributed by atoms with E-state index in [9.17, 15) is 9.59 Å². The molecular weight excluding hydrogens is 380 g/mol. The summed E-state index contributed by atoms with van der Waals surface area (Å²) in [6.07, 6.45) is 4.86. The Morgan fingerprint density at radius 1 is 1.13 bits per heavy atom. The van der Waals surface area contributed by atoms with Crippen LogP contribution in [0.2, 0.25) is 0 Å². The largest absolute Gasteiger partial charge is 0.371 e. The van der Waals surface area contributed by atoms with E-state index in [0.717, 1.165) is 42.7 Å². The summed E-state index contributed by atoms with van der Waals surface area (Å²) < 4.78 is 1.84. The van der Waals surface area contributed by atoms with Crippen LogP contribution < -0.4 is 16.0 Å². The second kappa shape index (κ2) is 8.14. The molecule has 0 radical (unpaired) electrons. The maximum absolute atomic E-state index is 12.7. The van der Waals surface area contributed by atoms with Crippen LogP contribution in [0.15, 0.2) is 42.7 Å². The molecule has 2 aromatic heterocycles. The molecule has 1 aromatic carbocycles. The molecule has 3 N–H and O–H groups in total. The lowest BCUT2D eigenvalue weighted by atomic mass is 9.96. The number of carbonyl (C=O) groups is 2. The van der Waals surface area contributed by atoms with Gasteiger partial charge in [0.2, 0.25) is 5.91 Å². The summed E-state index contributed by atoms with van der Waals surface area (Å²) in [6.45, 7) is 5.68. The van der Waals surface area contributed by atoms with E-state index >= 15 is 0 Å². The van der Waals surface area contributed by atoms with Crippen LogP contribution in [0.3, 0.4) is 0 Å². The first-order valence-electron chi connectivity index (χ1n) is 10.2. The van der Waals surface area contributed by atoms with Crippen molar-refractivity contribution < 1.29 is 9.59 Å². The number of hydrogen-bond acceptors (Lipinski definition) is 5. The van der Waals surface area contributed by atoms with Crippen LogP contribution >= 0.6 is 0 Å². The fraction of sp³-hybridized carbons (Fsp3) is 0.364. The summed E-state index contributed by atoms with van der Waals surface area (Å²) in [7, 11) is 0. The first kappa shape index (κ1) is 19.9. The number of fused-ring (bicyclic) bond motifs is 1. The smallest absolute Gasteiger partial charge is 0.257 e. The van der Waals surface area contributed by atoms with E-state index in [1.807, 2.05) is 42.8 Å². The van der Waals surface area contributed by atoms with Gasteiger partial charge in [0.1, 0.15) is 0 Å². The van der Waals surface area contributed by atoms with E-state index in [1.165, 1.54) is 0 Å². The van der Waals surface area contributed by atoms with E-state index in [-0.39, 0.29) is 23.8 Å². The molecule has 3 aromatic rings. The lowest BCUT2D eigenvalue weighted by Gasteiger charge is -2.32. The van der Waals surface area contributed by atoms with Crippen molar-refractivity contribution in [2.24, 2.45) is 11.7 Å². The monoisotopic (exact) mass is 406 g/mol. The fourth-order valence-corrected chi connectivity index (χ4v) is 3.82. The number of benzene rings is 1. The van der Waals surface area contributed by atoms with Gasteiger partial charge in [0, 0.05) is 48.0 Å². The van der Waals surface area contributed by atoms with Crippen molar-refractivity contribution in [2.75, 3.05) is 23.3 Å². The van der Waals surface area contributed by atoms with Gasteiger partial charge in [-0.1, -0.05) is 0 Å². The molecule has 0 aliphatic carbocycles. The number of aromatic nitrogens is 3. The number of piperidine rings is 1. The molecule has 8 nitrogen and oxygen atoms in total. The third kappa shape index (κ3) is 3.98. The molecular formula is C22H26N6O2. The van der Waals surface area contributed by atoms with Gasteiger partial charge in [0.25, 0.3) is 5.91 Å². The number of nitrogens with two attached hydrogens (primary N) is 1. The Labute approximate surface area is 175 Å². The van der Waals surface area contributed by atoms with E-state index < -0.39 is 0 Å². The number of rotatable bonds is 5. The van der Waals surface area contributed by atoms with Crippen molar-refractivity contribution in [3.63, 3.8) is 0 Å². The van der Waals surface area contributed by atoms with E-state index in [0.29, 0.717) is 11.3 Å². The SMILES string of the molecule is CC(C)n1ncc2cc(C(=O)Nc3ccc(N4CCC(C(N)=O)CC4)cc3)cnc21. The van der Waals surface area contributed by atoms with Crippen molar-refractivity contribution in [3.05, 3.63) is 48.3 Å². The number of primary amides is 1. The predicted octanol–water partition coefficient (Wildman–Crippen LogP) is 2.97. The molecule has 2 amide bonds. The fourth-order valence-electron chi connectivity index (χ4n) is 3.82. The van der Waals surface area contributed by atoms with Gasteiger partial charge in [-0.3, -0.25) is 9.59 Å². The molecule has 1 fully saturated rings. The second-order valence-corrected chi connectivity index (χ2v) is 7.98. The first-order chi connectivity index (χ1) is 14.4. The van der Waals surface area contributed by atoms with Crippen LogP contribution in [-0.2, 0) is 4.79 Å². The van der Waals surface area contributed by atoms with Crippen molar-refractivity contribution in [1.82, 2.24) is 14.8 Å². The Balaban J connectivity index is 1.41. The van der Waals surface area contributed by atoms with Gasteiger partial charge in [-0.25, -0.2) is 9.67 Å². The van der Waals surface area contributed by atoms with Crippen molar-refractivity contribution in [1.29, 1.82) is 0 Å². The van der Waals surface area contributed by atoms with E-state index in [1.54, 1.807) is 18.5 Å². The number of carbonyl (C=O) groups excluding carboxylic acids is 2. The Hall–Kier alpha value is -3.42. The van der Waals surface area contributed by atoms with Gasteiger partial charge in [-0.15, -0.1) is 0 Å². The zero-order valence-corrected chi connectivity index (χ0v) is 17.2. The molecule has 156 valence electrons. The highest BCUT2D eigenvalue weighted by Gasteiger charge is 2.23. The molecule has 4 rings (SSSR count). The van der Waals surface area contributed by atoms with Crippen molar-refractivity contribution >= 4 is 34.2 Å². The molecule has 3 heterocycles. The average molecular weight is 406 g/mol. The number of pyridine rings is 1. The average Bonchev–Trinajstić information content (AvgIpc) is 3.18. The summed E-state index contributed by atoms with van der Waals surface area (Å²) in [5.74, 6) is -0.452. The minimum absolute atomic E-state index is 0.0293. The summed E-state index contributed by atoms with van der Waals surface area (Å²) in [5, 5.41) is 8.10. The quantitative estimate of drug-likeness (QED) is 0.678. The third-order valence-electron chi connectivity index (χ3n) is 5.57. The van der Waals surface area contributed by atoms with Crippen molar-refractivity contribution in [3.8, 4) is 0 Å².